The molecule has 0 aliphatic rings. The van der Waals surface area contributed by atoms with Gasteiger partial charge in [0.25, 0.3) is 0 Å². The van der Waals surface area contributed by atoms with Gasteiger partial charge in [0.1, 0.15) is 13.2 Å². The van der Waals surface area contributed by atoms with Crippen molar-refractivity contribution in [2.24, 2.45) is 17.8 Å². The molecule has 0 aromatic rings. The van der Waals surface area contributed by atoms with Crippen molar-refractivity contribution in [3.8, 4) is 0 Å². The molecule has 0 aromatic carbocycles. The summed E-state index contributed by atoms with van der Waals surface area (Å²) in [7, 11) is 0. The number of hydrogen-bond acceptors (Lipinski definition) is 6. The summed E-state index contributed by atoms with van der Waals surface area (Å²) in [6, 6.07) is 0. The zero-order valence-electron chi connectivity index (χ0n) is 44.8. The van der Waals surface area contributed by atoms with Crippen molar-refractivity contribution >= 4 is 17.9 Å². The van der Waals surface area contributed by atoms with Gasteiger partial charge >= 0.3 is 17.9 Å². The highest BCUT2D eigenvalue weighted by molar-refractivity contribution is 5.71. The summed E-state index contributed by atoms with van der Waals surface area (Å²) in [4.78, 5) is 38.1. The lowest BCUT2D eigenvalue weighted by atomic mass is 9.99. The maximum absolute atomic E-state index is 12.8. The summed E-state index contributed by atoms with van der Waals surface area (Å²) >= 11 is 0. The minimum atomic E-state index is -0.764. The minimum Gasteiger partial charge on any atom is -0.462 e. The van der Waals surface area contributed by atoms with E-state index < -0.39 is 6.10 Å². The van der Waals surface area contributed by atoms with Crippen LogP contribution in [-0.2, 0) is 28.6 Å². The molecule has 0 radical (unpaired) electrons. The van der Waals surface area contributed by atoms with Crippen molar-refractivity contribution in [1.29, 1.82) is 0 Å². The Kier molecular flexibility index (Phi) is 49.1. The van der Waals surface area contributed by atoms with Crippen LogP contribution >= 0.6 is 0 Å². The quantitative estimate of drug-likeness (QED) is 0.0344. The van der Waals surface area contributed by atoms with Gasteiger partial charge in [0, 0.05) is 19.3 Å². The summed E-state index contributed by atoms with van der Waals surface area (Å²) in [6.45, 7) is 13.8. The standard InChI is InChI=1S/C59H114O6/c1-7-55(6)47-41-35-29-25-26-32-38-44-50-59(62)65-56(52-64-58(61)49-43-37-31-24-20-16-18-22-28-34-40-46-54(4)5)51-63-57(60)48-42-36-30-23-19-15-13-11-9-8-10-12-14-17-21-27-33-39-45-53(2)3/h53-56H,7-52H2,1-6H3/t55?,56-/m0/s1. The molecule has 0 aromatic heterocycles. The number of unbranched alkanes of at least 4 members (excludes halogenated alkanes) is 34. The topological polar surface area (TPSA) is 78.9 Å². The Bertz CT molecular complexity index is 1010. The monoisotopic (exact) mass is 919 g/mol. The smallest absolute Gasteiger partial charge is 0.306 e. The van der Waals surface area contributed by atoms with Crippen molar-refractivity contribution in [2.45, 2.75) is 330 Å². The molecule has 0 fully saturated rings. The molecular formula is C59H114O6. The third kappa shape index (κ3) is 51.6. The van der Waals surface area contributed by atoms with Gasteiger partial charge in [-0.1, -0.05) is 286 Å². The molecule has 0 N–H and O–H groups in total. The Balaban J connectivity index is 4.24. The molecule has 0 aliphatic heterocycles. The van der Waals surface area contributed by atoms with Gasteiger partial charge < -0.3 is 14.2 Å². The first-order chi connectivity index (χ1) is 31.6. The van der Waals surface area contributed by atoms with E-state index in [0.29, 0.717) is 19.3 Å². The number of carbonyl (C=O) groups is 3. The van der Waals surface area contributed by atoms with Crippen LogP contribution in [0.2, 0.25) is 0 Å². The summed E-state index contributed by atoms with van der Waals surface area (Å²) in [5.41, 5.74) is 0. The molecule has 0 bridgehead atoms. The fourth-order valence-electron chi connectivity index (χ4n) is 8.97. The molecule has 6 heteroatoms. The van der Waals surface area contributed by atoms with Gasteiger partial charge in [-0.2, -0.15) is 0 Å². The first-order valence-electron chi connectivity index (χ1n) is 29.1. The van der Waals surface area contributed by atoms with E-state index in [2.05, 4.69) is 41.5 Å². The second-order valence-electron chi connectivity index (χ2n) is 21.5. The van der Waals surface area contributed by atoms with E-state index in [0.717, 1.165) is 75.5 Å². The van der Waals surface area contributed by atoms with Crippen LogP contribution in [0.5, 0.6) is 0 Å². The molecule has 0 rings (SSSR count). The fraction of sp³-hybridized carbons (Fsp3) is 0.949. The molecule has 6 nitrogen and oxygen atoms in total. The zero-order chi connectivity index (χ0) is 47.7. The van der Waals surface area contributed by atoms with Crippen molar-refractivity contribution in [3.05, 3.63) is 0 Å². The minimum absolute atomic E-state index is 0.0640. The van der Waals surface area contributed by atoms with Gasteiger partial charge in [0.05, 0.1) is 0 Å². The molecule has 1 unspecified atom stereocenters. The van der Waals surface area contributed by atoms with Crippen molar-refractivity contribution in [1.82, 2.24) is 0 Å². The summed E-state index contributed by atoms with van der Waals surface area (Å²) in [5.74, 6) is 1.68. The summed E-state index contributed by atoms with van der Waals surface area (Å²) in [6.07, 6.45) is 52.4. The van der Waals surface area contributed by atoms with E-state index in [1.165, 1.54) is 205 Å². The number of carbonyl (C=O) groups excluding carboxylic acids is 3. The highest BCUT2D eigenvalue weighted by atomic mass is 16.6. The Labute approximate surface area is 406 Å². The second-order valence-corrected chi connectivity index (χ2v) is 21.5. The molecule has 0 spiro atoms. The lowest BCUT2D eigenvalue weighted by Gasteiger charge is -2.18. The summed E-state index contributed by atoms with van der Waals surface area (Å²) in [5, 5.41) is 0. The number of esters is 3. The third-order valence-corrected chi connectivity index (χ3v) is 13.8. The van der Waals surface area contributed by atoms with Crippen LogP contribution in [0.4, 0.5) is 0 Å². The van der Waals surface area contributed by atoms with Crippen LogP contribution in [0.25, 0.3) is 0 Å². The fourth-order valence-corrected chi connectivity index (χ4v) is 8.97. The van der Waals surface area contributed by atoms with Crippen LogP contribution in [-0.4, -0.2) is 37.2 Å². The van der Waals surface area contributed by atoms with Crippen molar-refractivity contribution < 1.29 is 28.6 Å². The molecule has 386 valence electrons. The SMILES string of the molecule is CCC(C)CCCCCCCCCCC(=O)O[C@@H](COC(=O)CCCCCCCCCCCCCCCCCCCCC(C)C)COC(=O)CCCCCCCCCCCCCC(C)C. The average Bonchev–Trinajstić information content (AvgIpc) is 3.28. The Morgan fingerprint density at radius 3 is 0.800 bits per heavy atom. The summed E-state index contributed by atoms with van der Waals surface area (Å²) < 4.78 is 16.9. The van der Waals surface area contributed by atoms with Crippen molar-refractivity contribution in [3.63, 3.8) is 0 Å². The van der Waals surface area contributed by atoms with E-state index in [4.69, 9.17) is 14.2 Å². The van der Waals surface area contributed by atoms with Gasteiger partial charge in [0.2, 0.25) is 0 Å². The molecule has 65 heavy (non-hydrogen) atoms. The van der Waals surface area contributed by atoms with Crippen LogP contribution < -0.4 is 0 Å². The van der Waals surface area contributed by atoms with E-state index >= 15 is 0 Å². The van der Waals surface area contributed by atoms with E-state index in [1.807, 2.05) is 0 Å². The number of ether oxygens (including phenoxy) is 3. The van der Waals surface area contributed by atoms with Crippen LogP contribution in [0, 0.1) is 17.8 Å². The molecule has 0 aliphatic carbocycles. The average molecular weight is 920 g/mol. The Morgan fingerprint density at radius 1 is 0.308 bits per heavy atom. The Hall–Kier alpha value is -1.59. The van der Waals surface area contributed by atoms with Gasteiger partial charge in [-0.25, -0.2) is 0 Å². The van der Waals surface area contributed by atoms with Crippen LogP contribution in [0.1, 0.15) is 324 Å². The first-order valence-corrected chi connectivity index (χ1v) is 29.1. The maximum atomic E-state index is 12.8. The lowest BCUT2D eigenvalue weighted by molar-refractivity contribution is -0.167. The molecule has 0 saturated heterocycles. The van der Waals surface area contributed by atoms with Gasteiger partial charge in [-0.15, -0.1) is 0 Å². The second kappa shape index (κ2) is 50.3. The molecule has 2 atom stereocenters. The number of rotatable bonds is 52. The van der Waals surface area contributed by atoms with Crippen LogP contribution in [0.3, 0.4) is 0 Å². The van der Waals surface area contributed by atoms with Gasteiger partial charge in [-0.3, -0.25) is 14.4 Å². The predicted molar refractivity (Wildman–Crippen MR) is 279 cm³/mol. The predicted octanol–water partition coefficient (Wildman–Crippen LogP) is 19.1. The zero-order valence-corrected chi connectivity index (χ0v) is 44.8. The molecular weight excluding hydrogens is 805 g/mol. The normalized spacial score (nSPS) is 12.6. The first kappa shape index (κ1) is 63.4. The molecule has 0 saturated carbocycles. The van der Waals surface area contributed by atoms with E-state index in [-0.39, 0.29) is 31.1 Å². The largest absolute Gasteiger partial charge is 0.462 e. The van der Waals surface area contributed by atoms with E-state index in [9.17, 15) is 14.4 Å². The van der Waals surface area contributed by atoms with E-state index in [1.54, 1.807) is 0 Å². The number of hydrogen-bond donors (Lipinski definition) is 0. The van der Waals surface area contributed by atoms with Crippen molar-refractivity contribution in [2.75, 3.05) is 13.2 Å². The van der Waals surface area contributed by atoms with Gasteiger partial charge in [0.15, 0.2) is 6.10 Å². The van der Waals surface area contributed by atoms with Crippen LogP contribution in [0.15, 0.2) is 0 Å². The molecule has 0 heterocycles. The maximum Gasteiger partial charge on any atom is 0.306 e. The van der Waals surface area contributed by atoms with Gasteiger partial charge in [-0.05, 0) is 37.0 Å². The lowest BCUT2D eigenvalue weighted by Crippen LogP contribution is -2.30. The third-order valence-electron chi connectivity index (χ3n) is 13.8. The highest BCUT2D eigenvalue weighted by Crippen LogP contribution is 2.19. The highest BCUT2D eigenvalue weighted by Gasteiger charge is 2.19. The Morgan fingerprint density at radius 2 is 0.538 bits per heavy atom. The molecule has 0 amide bonds.